The Bertz CT molecular complexity index is 1490. The molecule has 4 rings (SSSR count). The van der Waals surface area contributed by atoms with Crippen molar-refractivity contribution in [2.45, 2.75) is 32.2 Å². The molecule has 0 aliphatic rings. The topological polar surface area (TPSA) is 90.3 Å². The van der Waals surface area contributed by atoms with Crippen molar-refractivity contribution in [2.24, 2.45) is 0 Å². The number of imidazole rings is 1. The van der Waals surface area contributed by atoms with Crippen LogP contribution in [0.1, 0.15) is 23.7 Å². The van der Waals surface area contributed by atoms with Crippen molar-refractivity contribution in [3.8, 4) is 0 Å². The van der Waals surface area contributed by atoms with Gasteiger partial charge in [0.1, 0.15) is 30.7 Å². The summed E-state index contributed by atoms with van der Waals surface area (Å²) in [5, 5.41) is 15.8. The molecule has 0 fully saturated rings. The molecule has 12 heteroatoms. The van der Waals surface area contributed by atoms with Crippen LogP contribution in [0, 0.1) is 10.1 Å². The first-order valence-electron chi connectivity index (χ1n) is 11.8. The maximum atomic E-state index is 12.4. The van der Waals surface area contributed by atoms with Gasteiger partial charge >= 0.3 is 0 Å². The Labute approximate surface area is 244 Å². The quantitative estimate of drug-likeness (QED) is 0.110. The molecule has 4 aromatic rings. The van der Waals surface area contributed by atoms with E-state index in [1.807, 2.05) is 40.0 Å². The van der Waals surface area contributed by atoms with Crippen LogP contribution in [0.15, 0.2) is 79.4 Å². The number of carbonyl (C=O) groups excluding carboxylic acids is 1. The summed E-state index contributed by atoms with van der Waals surface area (Å²) < 4.78 is 10.0. The van der Waals surface area contributed by atoms with E-state index in [2.05, 4.69) is 5.32 Å². The molecule has 0 aliphatic heterocycles. The number of benzene rings is 3. The van der Waals surface area contributed by atoms with E-state index in [9.17, 15) is 14.9 Å². The lowest BCUT2D eigenvalue weighted by Crippen LogP contribution is -2.35. The third kappa shape index (κ3) is 7.94. The summed E-state index contributed by atoms with van der Waals surface area (Å²) in [7, 11) is 0. The highest BCUT2D eigenvalue weighted by atomic mass is 35.5. The first-order valence-corrected chi connectivity index (χ1v) is 13.3. The Balaban J connectivity index is 1.42. The number of aryl methyl sites for hydroxylation is 1. The fourth-order valence-electron chi connectivity index (χ4n) is 3.88. The minimum atomic E-state index is -0.531. The van der Waals surface area contributed by atoms with E-state index >= 15 is 0 Å². The highest BCUT2D eigenvalue weighted by Gasteiger charge is 2.21. The number of hydrogen-bond acceptors (Lipinski definition) is 4. The van der Waals surface area contributed by atoms with Gasteiger partial charge in [-0.15, -0.1) is 0 Å². The molecular formula is C27H23Cl4N4O4+. The Morgan fingerprint density at radius 3 is 2.46 bits per heavy atom. The average molecular weight is 609 g/mol. The minimum Gasteiger partial charge on any atom is -0.365 e. The standard InChI is InChI=1S/C27H22Cl4N4O4/c28-19-6-5-18(22(30)13-19)16-39-26(21-8-7-20(29)14-23(21)31)15-34-12-11-33(17-34)10-9-27(36)32-24-3-1-2-4-25(24)35(37)38/h1-8,11-14,17,26H,9-10,15-16H2/p+1. The number of aromatic nitrogens is 2. The lowest BCUT2D eigenvalue weighted by Gasteiger charge is -2.19. The minimum absolute atomic E-state index is 0.124. The van der Waals surface area contributed by atoms with Crippen molar-refractivity contribution < 1.29 is 19.0 Å². The van der Waals surface area contributed by atoms with Crippen LogP contribution in [-0.4, -0.2) is 15.4 Å². The Morgan fingerprint density at radius 2 is 1.74 bits per heavy atom. The molecule has 39 heavy (non-hydrogen) atoms. The summed E-state index contributed by atoms with van der Waals surface area (Å²) in [4.78, 5) is 23.1. The predicted octanol–water partition coefficient (Wildman–Crippen LogP) is 7.28. The van der Waals surface area contributed by atoms with Crippen molar-refractivity contribution >= 4 is 63.7 Å². The molecule has 1 heterocycles. The van der Waals surface area contributed by atoms with Crippen LogP contribution in [0.3, 0.4) is 0 Å². The normalized spacial score (nSPS) is 11.8. The number of nitrogens with zero attached hydrogens (tertiary/aromatic N) is 3. The number of hydrogen-bond donors (Lipinski definition) is 1. The second-order valence-electron chi connectivity index (χ2n) is 8.62. The lowest BCUT2D eigenvalue weighted by molar-refractivity contribution is -0.704. The third-order valence-electron chi connectivity index (χ3n) is 5.86. The number of amides is 1. The number of carbonyl (C=O) groups is 1. The summed E-state index contributed by atoms with van der Waals surface area (Å²) in [6.07, 6.45) is 5.21. The Hall–Kier alpha value is -3.14. The maximum absolute atomic E-state index is 12.4. The molecule has 0 saturated heterocycles. The molecule has 1 amide bonds. The molecule has 0 radical (unpaired) electrons. The van der Waals surface area contributed by atoms with Gasteiger partial charge in [0, 0.05) is 31.7 Å². The maximum Gasteiger partial charge on any atom is 0.292 e. The van der Waals surface area contributed by atoms with Gasteiger partial charge in [-0.05, 0) is 35.9 Å². The van der Waals surface area contributed by atoms with Gasteiger partial charge < -0.3 is 10.1 Å². The number of nitro benzene ring substituents is 1. The van der Waals surface area contributed by atoms with Crippen LogP contribution in [0.5, 0.6) is 0 Å². The lowest BCUT2D eigenvalue weighted by atomic mass is 10.1. The summed E-state index contributed by atoms with van der Waals surface area (Å²) in [6, 6.07) is 16.5. The van der Waals surface area contributed by atoms with Gasteiger partial charge in [0.2, 0.25) is 12.2 Å². The second kappa shape index (κ2) is 13.3. The molecule has 8 nitrogen and oxygen atoms in total. The molecule has 0 spiro atoms. The van der Waals surface area contributed by atoms with Crippen molar-refractivity contribution in [3.63, 3.8) is 0 Å². The number of rotatable bonds is 11. The van der Waals surface area contributed by atoms with E-state index in [1.54, 1.807) is 36.4 Å². The smallest absolute Gasteiger partial charge is 0.292 e. The molecule has 0 saturated carbocycles. The van der Waals surface area contributed by atoms with E-state index in [1.165, 1.54) is 12.1 Å². The number of nitrogens with one attached hydrogen (secondary N) is 1. The van der Waals surface area contributed by atoms with Gasteiger partial charge in [-0.2, -0.15) is 0 Å². The Morgan fingerprint density at radius 1 is 1.03 bits per heavy atom. The van der Waals surface area contributed by atoms with E-state index < -0.39 is 11.0 Å². The second-order valence-corrected chi connectivity index (χ2v) is 10.3. The number of anilines is 1. The van der Waals surface area contributed by atoms with E-state index in [0.29, 0.717) is 33.2 Å². The summed E-state index contributed by atoms with van der Waals surface area (Å²) in [5.41, 5.74) is 1.55. The zero-order valence-electron chi connectivity index (χ0n) is 20.4. The molecule has 1 atom stereocenters. The number of halogens is 4. The number of para-hydroxylation sites is 2. The Kier molecular flexibility index (Phi) is 9.83. The molecule has 1 aromatic heterocycles. The fraction of sp³-hybridized carbons (Fsp3) is 0.185. The van der Waals surface area contributed by atoms with Gasteiger partial charge in [-0.1, -0.05) is 70.7 Å². The van der Waals surface area contributed by atoms with Crippen LogP contribution < -0.4 is 9.88 Å². The SMILES string of the molecule is O=C(CCn1cc[n+](CC(OCc2ccc(Cl)cc2Cl)c2ccc(Cl)cc2Cl)c1)Nc1ccccc1[N+](=O)[O-]. The molecule has 202 valence electrons. The summed E-state index contributed by atoms with van der Waals surface area (Å²) in [5.74, 6) is -0.335. The molecular weight excluding hydrogens is 586 g/mol. The molecule has 1 N–H and O–H groups in total. The molecule has 1 unspecified atom stereocenters. The van der Waals surface area contributed by atoms with Gasteiger partial charge in [-0.25, -0.2) is 9.13 Å². The van der Waals surface area contributed by atoms with E-state index in [4.69, 9.17) is 51.1 Å². The highest BCUT2D eigenvalue weighted by Crippen LogP contribution is 2.31. The number of ether oxygens (including phenoxy) is 1. The molecule has 0 aliphatic carbocycles. The van der Waals surface area contributed by atoms with Gasteiger partial charge in [0.15, 0.2) is 0 Å². The van der Waals surface area contributed by atoms with Crippen molar-refractivity contribution in [1.82, 2.24) is 4.57 Å². The predicted molar refractivity (Wildman–Crippen MR) is 151 cm³/mol. The van der Waals surface area contributed by atoms with Crippen LogP contribution in [-0.2, 0) is 29.2 Å². The highest BCUT2D eigenvalue weighted by molar-refractivity contribution is 6.35. The first kappa shape index (κ1) is 28.9. The first-order chi connectivity index (χ1) is 18.7. The van der Waals surface area contributed by atoms with Crippen molar-refractivity contribution in [1.29, 1.82) is 0 Å². The molecule has 0 bridgehead atoms. The average Bonchev–Trinajstić information content (AvgIpc) is 3.34. The van der Waals surface area contributed by atoms with Crippen LogP contribution in [0.2, 0.25) is 20.1 Å². The zero-order chi connectivity index (χ0) is 27.9. The van der Waals surface area contributed by atoms with E-state index in [-0.39, 0.29) is 30.3 Å². The van der Waals surface area contributed by atoms with Crippen LogP contribution >= 0.6 is 46.4 Å². The van der Waals surface area contributed by atoms with E-state index in [0.717, 1.165) is 11.1 Å². The van der Waals surface area contributed by atoms with Gasteiger partial charge in [-0.3, -0.25) is 14.9 Å². The van der Waals surface area contributed by atoms with Crippen LogP contribution in [0.4, 0.5) is 11.4 Å². The van der Waals surface area contributed by atoms with Gasteiger partial charge in [0.05, 0.1) is 24.5 Å². The van der Waals surface area contributed by atoms with Crippen LogP contribution in [0.25, 0.3) is 0 Å². The van der Waals surface area contributed by atoms with Crippen molar-refractivity contribution in [3.05, 3.63) is 121 Å². The zero-order valence-corrected chi connectivity index (χ0v) is 23.4. The monoisotopic (exact) mass is 607 g/mol. The third-order valence-corrected chi connectivity index (χ3v) is 7.01. The largest absolute Gasteiger partial charge is 0.365 e. The summed E-state index contributed by atoms with van der Waals surface area (Å²) >= 11 is 24.9. The van der Waals surface area contributed by atoms with Crippen molar-refractivity contribution in [2.75, 3.05) is 5.32 Å². The number of nitro groups is 1. The molecule has 3 aromatic carbocycles. The fourth-order valence-corrected chi connectivity index (χ4v) is 4.88. The van der Waals surface area contributed by atoms with Gasteiger partial charge in [0.25, 0.3) is 5.69 Å². The summed E-state index contributed by atoms with van der Waals surface area (Å²) in [6.45, 7) is 1.02.